The Labute approximate surface area is 124 Å². The molecule has 114 valence electrons. The highest BCUT2D eigenvalue weighted by atomic mass is 16.5. The summed E-state index contributed by atoms with van der Waals surface area (Å²) in [7, 11) is 3.28. The third-order valence-electron chi connectivity index (χ3n) is 3.91. The van der Waals surface area contributed by atoms with Crippen LogP contribution in [0.4, 0.5) is 0 Å². The van der Waals surface area contributed by atoms with Gasteiger partial charge in [0.1, 0.15) is 11.5 Å². The van der Waals surface area contributed by atoms with Crippen molar-refractivity contribution in [1.82, 2.24) is 15.4 Å². The summed E-state index contributed by atoms with van der Waals surface area (Å²) >= 11 is 0. The quantitative estimate of drug-likeness (QED) is 0.896. The Morgan fingerprint density at radius 2 is 2.05 bits per heavy atom. The second-order valence-electron chi connectivity index (χ2n) is 5.17. The van der Waals surface area contributed by atoms with Gasteiger partial charge in [-0.3, -0.25) is 0 Å². The van der Waals surface area contributed by atoms with Crippen LogP contribution in [0.2, 0.25) is 0 Å². The first-order valence-electron chi connectivity index (χ1n) is 7.25. The minimum absolute atomic E-state index is 0.710. The molecule has 0 unspecified atom stereocenters. The number of rotatable bonds is 5. The zero-order chi connectivity index (χ0) is 14.7. The molecule has 0 amide bonds. The number of nitrogens with one attached hydrogen (secondary N) is 1. The maximum atomic E-state index is 5.46. The van der Waals surface area contributed by atoms with Crippen LogP contribution in [-0.4, -0.2) is 57.0 Å². The molecular weight excluding hydrogens is 270 g/mol. The molecule has 1 aromatic carbocycles. The molecule has 1 aliphatic heterocycles. The first-order valence-corrected chi connectivity index (χ1v) is 7.25. The number of hydrogen-bond donors (Lipinski definition) is 1. The average Bonchev–Trinajstić information content (AvgIpc) is 2.96. The van der Waals surface area contributed by atoms with Gasteiger partial charge in [-0.2, -0.15) is 0 Å². The Morgan fingerprint density at radius 1 is 1.24 bits per heavy atom. The van der Waals surface area contributed by atoms with Gasteiger partial charge in [-0.25, -0.2) is 0 Å². The van der Waals surface area contributed by atoms with E-state index in [1.807, 2.05) is 12.1 Å². The average molecular weight is 291 g/mol. The van der Waals surface area contributed by atoms with E-state index in [2.05, 4.69) is 15.4 Å². The number of methoxy groups -OCH3 is 2. The van der Waals surface area contributed by atoms with Crippen LogP contribution in [-0.2, 0) is 6.42 Å². The van der Waals surface area contributed by atoms with Crippen molar-refractivity contribution in [3.8, 4) is 11.5 Å². The van der Waals surface area contributed by atoms with E-state index in [9.17, 15) is 0 Å². The fraction of sp³-hybridized carbons (Fsp3) is 0.533. The summed E-state index contributed by atoms with van der Waals surface area (Å²) in [5.74, 6) is 1.46. The standard InChI is InChI=1S/C15H21N3O3/c1-19-11-9-13(20-2)15-12(17-21-14(15)10-11)3-6-18-7-4-16-5-8-18/h9-10,16H,3-8H2,1-2H3. The molecule has 0 saturated carbocycles. The van der Waals surface area contributed by atoms with Crippen molar-refractivity contribution in [1.29, 1.82) is 0 Å². The second-order valence-corrected chi connectivity index (χ2v) is 5.17. The summed E-state index contributed by atoms with van der Waals surface area (Å²) in [5.41, 5.74) is 1.66. The van der Waals surface area contributed by atoms with Gasteiger partial charge in [0.15, 0.2) is 5.58 Å². The van der Waals surface area contributed by atoms with Crippen LogP contribution in [0.3, 0.4) is 0 Å². The smallest absolute Gasteiger partial charge is 0.174 e. The molecule has 0 atom stereocenters. The zero-order valence-electron chi connectivity index (χ0n) is 12.5. The van der Waals surface area contributed by atoms with E-state index in [4.69, 9.17) is 14.0 Å². The summed E-state index contributed by atoms with van der Waals surface area (Å²) in [4.78, 5) is 2.44. The summed E-state index contributed by atoms with van der Waals surface area (Å²) in [5, 5.41) is 8.52. The summed E-state index contributed by atoms with van der Waals surface area (Å²) in [6.45, 7) is 5.26. The largest absolute Gasteiger partial charge is 0.496 e. The molecular formula is C15H21N3O3. The van der Waals surface area contributed by atoms with E-state index >= 15 is 0 Å². The van der Waals surface area contributed by atoms with Gasteiger partial charge in [0.2, 0.25) is 0 Å². The molecule has 0 bridgehead atoms. The molecule has 0 spiro atoms. The fourth-order valence-corrected chi connectivity index (χ4v) is 2.72. The van der Waals surface area contributed by atoms with Gasteiger partial charge in [-0.05, 0) is 0 Å². The van der Waals surface area contributed by atoms with Crippen molar-refractivity contribution in [2.45, 2.75) is 6.42 Å². The Kier molecular flexibility index (Phi) is 4.26. The van der Waals surface area contributed by atoms with E-state index in [1.165, 1.54) is 0 Å². The maximum Gasteiger partial charge on any atom is 0.174 e. The highest BCUT2D eigenvalue weighted by Gasteiger charge is 2.17. The van der Waals surface area contributed by atoms with E-state index < -0.39 is 0 Å². The first-order chi connectivity index (χ1) is 10.3. The van der Waals surface area contributed by atoms with Crippen molar-refractivity contribution >= 4 is 11.0 Å². The number of benzene rings is 1. The summed E-state index contributed by atoms with van der Waals surface area (Å²) < 4.78 is 16.1. The molecule has 2 aromatic rings. The fourth-order valence-electron chi connectivity index (χ4n) is 2.72. The number of piperazine rings is 1. The lowest BCUT2D eigenvalue weighted by atomic mass is 10.1. The van der Waals surface area contributed by atoms with Gasteiger partial charge < -0.3 is 24.2 Å². The first kappa shape index (κ1) is 14.2. The van der Waals surface area contributed by atoms with E-state index in [1.54, 1.807) is 14.2 Å². The van der Waals surface area contributed by atoms with E-state index in [0.29, 0.717) is 11.3 Å². The van der Waals surface area contributed by atoms with Gasteiger partial charge in [0, 0.05) is 51.3 Å². The van der Waals surface area contributed by atoms with E-state index in [0.717, 1.165) is 56.0 Å². The molecule has 21 heavy (non-hydrogen) atoms. The van der Waals surface area contributed by atoms with Crippen molar-refractivity contribution < 1.29 is 14.0 Å². The Balaban J connectivity index is 1.81. The number of hydrogen-bond acceptors (Lipinski definition) is 6. The highest BCUT2D eigenvalue weighted by Crippen LogP contribution is 2.33. The molecule has 1 fully saturated rings. The van der Waals surface area contributed by atoms with Crippen LogP contribution >= 0.6 is 0 Å². The molecule has 1 saturated heterocycles. The summed E-state index contributed by atoms with van der Waals surface area (Å²) in [6.07, 6.45) is 0.857. The molecule has 1 aliphatic rings. The van der Waals surface area contributed by atoms with Crippen LogP contribution in [0.5, 0.6) is 11.5 Å². The molecule has 6 heteroatoms. The van der Waals surface area contributed by atoms with Gasteiger partial charge in [0.25, 0.3) is 0 Å². The van der Waals surface area contributed by atoms with Gasteiger partial charge in [-0.1, -0.05) is 5.16 Å². The molecule has 0 aliphatic carbocycles. The maximum absolute atomic E-state index is 5.46. The van der Waals surface area contributed by atoms with Crippen LogP contribution in [0.1, 0.15) is 5.69 Å². The van der Waals surface area contributed by atoms with Crippen molar-refractivity contribution in [3.05, 3.63) is 17.8 Å². The normalized spacial score (nSPS) is 16.3. The molecule has 3 rings (SSSR count). The van der Waals surface area contributed by atoms with Crippen molar-refractivity contribution in [3.63, 3.8) is 0 Å². The third-order valence-corrected chi connectivity index (χ3v) is 3.91. The minimum Gasteiger partial charge on any atom is -0.496 e. The number of fused-ring (bicyclic) bond motifs is 1. The predicted molar refractivity (Wildman–Crippen MR) is 80.1 cm³/mol. The minimum atomic E-state index is 0.710. The van der Waals surface area contributed by atoms with Crippen molar-refractivity contribution in [2.24, 2.45) is 0 Å². The van der Waals surface area contributed by atoms with Gasteiger partial charge in [-0.15, -0.1) is 0 Å². The predicted octanol–water partition coefficient (Wildman–Crippen LogP) is 1.29. The lowest BCUT2D eigenvalue weighted by molar-refractivity contribution is 0.242. The summed E-state index contributed by atoms with van der Waals surface area (Å²) in [6, 6.07) is 3.72. The van der Waals surface area contributed by atoms with Crippen LogP contribution in [0.25, 0.3) is 11.0 Å². The van der Waals surface area contributed by atoms with Crippen LogP contribution in [0.15, 0.2) is 16.7 Å². The zero-order valence-corrected chi connectivity index (χ0v) is 12.5. The molecule has 2 heterocycles. The molecule has 1 aromatic heterocycles. The van der Waals surface area contributed by atoms with Crippen molar-refractivity contribution in [2.75, 3.05) is 46.9 Å². The third kappa shape index (κ3) is 2.96. The van der Waals surface area contributed by atoms with Crippen LogP contribution in [0, 0.1) is 0 Å². The second kappa shape index (κ2) is 6.32. The van der Waals surface area contributed by atoms with Gasteiger partial charge in [0.05, 0.1) is 25.3 Å². The Hall–Kier alpha value is -1.79. The Bertz CT molecular complexity index is 605. The Morgan fingerprint density at radius 3 is 2.76 bits per heavy atom. The topological polar surface area (TPSA) is 59.8 Å². The number of aromatic nitrogens is 1. The van der Waals surface area contributed by atoms with E-state index in [-0.39, 0.29) is 0 Å². The highest BCUT2D eigenvalue weighted by molar-refractivity contribution is 5.87. The lowest BCUT2D eigenvalue weighted by Crippen LogP contribution is -2.44. The monoisotopic (exact) mass is 291 g/mol. The molecule has 6 nitrogen and oxygen atoms in total. The lowest BCUT2D eigenvalue weighted by Gasteiger charge is -2.26. The van der Waals surface area contributed by atoms with Crippen LogP contribution < -0.4 is 14.8 Å². The number of nitrogens with zero attached hydrogens (tertiary/aromatic N) is 2. The SMILES string of the molecule is COc1cc(OC)c2c(CCN3CCNCC3)noc2c1. The molecule has 1 N–H and O–H groups in total. The molecule has 0 radical (unpaired) electrons. The number of ether oxygens (including phenoxy) is 2. The van der Waals surface area contributed by atoms with Gasteiger partial charge >= 0.3 is 0 Å².